The van der Waals surface area contributed by atoms with Crippen molar-refractivity contribution in [1.29, 1.82) is 0 Å². The van der Waals surface area contributed by atoms with E-state index in [4.69, 9.17) is 0 Å². The summed E-state index contributed by atoms with van der Waals surface area (Å²) in [6.45, 7) is 9.61. The van der Waals surface area contributed by atoms with Crippen molar-refractivity contribution in [2.24, 2.45) is 0 Å². The number of fused-ring (bicyclic) bond motifs is 11. The van der Waals surface area contributed by atoms with Crippen molar-refractivity contribution < 1.29 is 0 Å². The molecule has 0 N–H and O–H groups in total. The topological polar surface area (TPSA) is 0 Å². The van der Waals surface area contributed by atoms with Gasteiger partial charge >= 0.3 is 0 Å². The molecule has 0 bridgehead atoms. The van der Waals surface area contributed by atoms with Crippen LogP contribution in [0.5, 0.6) is 0 Å². The summed E-state index contributed by atoms with van der Waals surface area (Å²) in [6, 6.07) is 86.8. The van der Waals surface area contributed by atoms with E-state index in [-0.39, 0.29) is 10.8 Å². The molecular weight excluding hydrogens is 841 g/mol. The van der Waals surface area contributed by atoms with Crippen LogP contribution < -0.4 is 0 Å². The highest BCUT2D eigenvalue weighted by molar-refractivity contribution is 6.14. The predicted molar refractivity (Wildman–Crippen MR) is 299 cm³/mol. The van der Waals surface area contributed by atoms with Crippen LogP contribution in [0.25, 0.3) is 121 Å². The van der Waals surface area contributed by atoms with Gasteiger partial charge in [0.2, 0.25) is 0 Å². The van der Waals surface area contributed by atoms with Gasteiger partial charge in [-0.05, 0) is 192 Å². The van der Waals surface area contributed by atoms with Crippen LogP contribution in [-0.2, 0) is 10.8 Å². The van der Waals surface area contributed by atoms with E-state index < -0.39 is 0 Å². The van der Waals surface area contributed by atoms with Crippen molar-refractivity contribution in [2.45, 2.75) is 38.5 Å². The molecule has 0 amide bonds. The van der Waals surface area contributed by atoms with Gasteiger partial charge in [0.25, 0.3) is 0 Å². The molecule has 0 saturated carbocycles. The molecule has 0 radical (unpaired) electrons. The van der Waals surface area contributed by atoms with E-state index in [9.17, 15) is 0 Å². The Morgan fingerprint density at radius 2 is 0.514 bits per heavy atom. The first kappa shape index (κ1) is 40.7. The van der Waals surface area contributed by atoms with Crippen LogP contribution in [0.3, 0.4) is 0 Å². The quantitative estimate of drug-likeness (QED) is 0.151. The Morgan fingerprint density at radius 1 is 0.200 bits per heavy atom. The van der Waals surface area contributed by atoms with E-state index in [2.05, 4.69) is 258 Å². The molecule has 12 aromatic carbocycles. The van der Waals surface area contributed by atoms with Crippen molar-refractivity contribution in [3.63, 3.8) is 0 Å². The fourth-order valence-corrected chi connectivity index (χ4v) is 12.3. The second kappa shape index (κ2) is 15.1. The molecule has 0 aliphatic heterocycles. The minimum atomic E-state index is -0.147. The lowest BCUT2D eigenvalue weighted by atomic mass is 9.79. The van der Waals surface area contributed by atoms with Gasteiger partial charge in [-0.2, -0.15) is 0 Å². The smallest absolute Gasteiger partial charge is 0.0159 e. The predicted octanol–water partition coefficient (Wildman–Crippen LogP) is 19.2. The third-order valence-corrected chi connectivity index (χ3v) is 16.2. The Kier molecular flexibility index (Phi) is 8.78. The Balaban J connectivity index is 0.737. The molecule has 0 nitrogen and oxygen atoms in total. The zero-order chi connectivity index (χ0) is 46.9. The molecular formula is C70H50. The van der Waals surface area contributed by atoms with E-state index in [0.717, 1.165) is 0 Å². The van der Waals surface area contributed by atoms with Gasteiger partial charge in [0.05, 0.1) is 0 Å². The fraction of sp³-hybridized carbons (Fsp3) is 0.0857. The highest BCUT2D eigenvalue weighted by Gasteiger charge is 2.38. The van der Waals surface area contributed by atoms with Crippen molar-refractivity contribution in [3.05, 3.63) is 253 Å². The van der Waals surface area contributed by atoms with Crippen molar-refractivity contribution >= 4 is 43.1 Å². The zero-order valence-electron chi connectivity index (χ0n) is 39.9. The maximum atomic E-state index is 2.47. The molecule has 2 aliphatic rings. The molecule has 330 valence electrons. The van der Waals surface area contributed by atoms with Crippen LogP contribution in [-0.4, -0.2) is 0 Å². The summed E-state index contributed by atoms with van der Waals surface area (Å²) < 4.78 is 0. The molecule has 0 saturated heterocycles. The summed E-state index contributed by atoms with van der Waals surface area (Å²) in [5.41, 5.74) is 23.2. The van der Waals surface area contributed by atoms with E-state index in [1.165, 1.54) is 143 Å². The standard InChI is InChI=1S/C70H50/c1-69(2)65-39-52(44-17-20-45(21-18-44)64-38-56-13-7-8-14-57(56)58-15-9-10-16-59(58)64)27-31-60(65)62-33-29-54(41-67(62)69)55-30-34-63-61-32-28-53(40-66(61)70(3,4)68(63)42-55)51-26-25-49-36-48(23-24-50(49)37-51)47-22-19-43-11-5-6-12-46(43)35-47/h5-42H,1-4H3. The average molecular weight is 891 g/mol. The lowest BCUT2D eigenvalue weighted by Crippen LogP contribution is -2.15. The first-order chi connectivity index (χ1) is 34.2. The molecule has 0 aromatic heterocycles. The normalized spacial score (nSPS) is 13.9. The average Bonchev–Trinajstić information content (AvgIpc) is 3.78. The van der Waals surface area contributed by atoms with Gasteiger partial charge in [0, 0.05) is 10.8 Å². The second-order valence-corrected chi connectivity index (χ2v) is 20.9. The van der Waals surface area contributed by atoms with Crippen molar-refractivity contribution in [3.8, 4) is 77.9 Å². The summed E-state index contributed by atoms with van der Waals surface area (Å²) >= 11 is 0. The summed E-state index contributed by atoms with van der Waals surface area (Å²) in [5.74, 6) is 0. The van der Waals surface area contributed by atoms with E-state index in [1.807, 2.05) is 0 Å². The Labute approximate surface area is 410 Å². The largest absolute Gasteiger partial charge is 0.0616 e. The van der Waals surface area contributed by atoms with Crippen LogP contribution >= 0.6 is 0 Å². The highest BCUT2D eigenvalue weighted by atomic mass is 14.4. The summed E-state index contributed by atoms with van der Waals surface area (Å²) in [7, 11) is 0. The summed E-state index contributed by atoms with van der Waals surface area (Å²) in [6.07, 6.45) is 0. The Morgan fingerprint density at radius 3 is 1.00 bits per heavy atom. The van der Waals surface area contributed by atoms with Crippen molar-refractivity contribution in [1.82, 2.24) is 0 Å². The molecule has 0 heterocycles. The molecule has 0 spiro atoms. The second-order valence-electron chi connectivity index (χ2n) is 20.9. The molecule has 0 unspecified atom stereocenters. The number of rotatable bonds is 5. The Hall–Kier alpha value is -8.32. The lowest BCUT2D eigenvalue weighted by Gasteiger charge is -2.24. The molecule has 70 heavy (non-hydrogen) atoms. The van der Waals surface area contributed by atoms with E-state index in [0.29, 0.717) is 0 Å². The van der Waals surface area contributed by atoms with Crippen LogP contribution in [0.2, 0.25) is 0 Å². The maximum absolute atomic E-state index is 2.47. The van der Waals surface area contributed by atoms with Gasteiger partial charge < -0.3 is 0 Å². The van der Waals surface area contributed by atoms with Crippen LogP contribution in [0.1, 0.15) is 49.9 Å². The van der Waals surface area contributed by atoms with E-state index >= 15 is 0 Å². The molecule has 12 aromatic rings. The van der Waals surface area contributed by atoms with Crippen molar-refractivity contribution in [2.75, 3.05) is 0 Å². The monoisotopic (exact) mass is 890 g/mol. The number of hydrogen-bond donors (Lipinski definition) is 0. The first-order valence-corrected chi connectivity index (χ1v) is 24.8. The van der Waals surface area contributed by atoms with Crippen LogP contribution in [0.15, 0.2) is 231 Å². The number of benzene rings is 12. The zero-order valence-corrected chi connectivity index (χ0v) is 39.9. The van der Waals surface area contributed by atoms with Gasteiger partial charge in [-0.25, -0.2) is 0 Å². The van der Waals surface area contributed by atoms with Crippen LogP contribution in [0, 0.1) is 0 Å². The summed E-state index contributed by atoms with van der Waals surface area (Å²) in [5, 5.41) is 10.2. The minimum Gasteiger partial charge on any atom is -0.0616 e. The molecule has 0 fully saturated rings. The minimum absolute atomic E-state index is 0.146. The lowest BCUT2D eigenvalue weighted by molar-refractivity contribution is 0.660. The maximum Gasteiger partial charge on any atom is 0.0159 e. The molecule has 2 aliphatic carbocycles. The number of hydrogen-bond acceptors (Lipinski definition) is 0. The SMILES string of the molecule is CC1(C)c2cc(-c3ccc(-c4cc5ccccc5c5ccccc45)cc3)ccc2-c2ccc(-c3ccc4c(c3)C(C)(C)c3cc(-c5ccc6cc(-c7ccc8ccccc8c7)ccc6c5)ccc3-4)cc21. The molecule has 0 heteroatoms. The van der Waals surface area contributed by atoms with Gasteiger partial charge in [0.1, 0.15) is 0 Å². The van der Waals surface area contributed by atoms with Gasteiger partial charge in [-0.3, -0.25) is 0 Å². The fourth-order valence-electron chi connectivity index (χ4n) is 12.3. The van der Waals surface area contributed by atoms with Gasteiger partial charge in [0.15, 0.2) is 0 Å². The third-order valence-electron chi connectivity index (χ3n) is 16.2. The van der Waals surface area contributed by atoms with Crippen LogP contribution in [0.4, 0.5) is 0 Å². The third kappa shape index (κ3) is 6.23. The first-order valence-electron chi connectivity index (χ1n) is 24.8. The molecule has 0 atom stereocenters. The summed E-state index contributed by atoms with van der Waals surface area (Å²) in [4.78, 5) is 0. The highest BCUT2D eigenvalue weighted by Crippen LogP contribution is 2.53. The van der Waals surface area contributed by atoms with Gasteiger partial charge in [-0.1, -0.05) is 210 Å². The molecule has 14 rings (SSSR count). The van der Waals surface area contributed by atoms with Gasteiger partial charge in [-0.15, -0.1) is 0 Å². The van der Waals surface area contributed by atoms with E-state index in [1.54, 1.807) is 0 Å². The Bertz CT molecular complexity index is 4160.